The first-order chi connectivity index (χ1) is 8.60. The Labute approximate surface area is 113 Å². The molecule has 1 aliphatic carbocycles. The summed E-state index contributed by atoms with van der Waals surface area (Å²) in [5, 5.41) is 0. The van der Waals surface area contributed by atoms with Gasteiger partial charge < -0.3 is 4.90 Å². The van der Waals surface area contributed by atoms with Crippen LogP contribution in [0.5, 0.6) is 0 Å². The van der Waals surface area contributed by atoms with Crippen molar-refractivity contribution in [2.24, 2.45) is 5.92 Å². The number of nitrogens with zero attached hydrogens (tertiary/aromatic N) is 1. The maximum atomic E-state index is 3.87. The highest BCUT2D eigenvalue weighted by molar-refractivity contribution is 5.44. The topological polar surface area (TPSA) is 3.24 Å². The Hall–Kier alpha value is -1.24. The molecule has 1 nitrogen and oxygen atoms in total. The van der Waals surface area contributed by atoms with Crippen molar-refractivity contribution in [2.75, 3.05) is 7.05 Å². The summed E-state index contributed by atoms with van der Waals surface area (Å²) in [7, 11) is 2.09. The number of hydrogen-bond acceptors (Lipinski definition) is 1. The van der Waals surface area contributed by atoms with Gasteiger partial charge in [-0.15, -0.1) is 0 Å². The SMILES string of the molecule is C=CN(C)C1=C(/C(C)=C/CC(C)CC)C=CCC1. The van der Waals surface area contributed by atoms with Crippen molar-refractivity contribution in [2.45, 2.75) is 46.5 Å². The van der Waals surface area contributed by atoms with E-state index in [4.69, 9.17) is 0 Å². The van der Waals surface area contributed by atoms with Gasteiger partial charge in [0, 0.05) is 12.7 Å². The summed E-state index contributed by atoms with van der Waals surface area (Å²) in [4.78, 5) is 2.15. The molecule has 0 N–H and O–H groups in total. The fourth-order valence-corrected chi connectivity index (χ4v) is 2.14. The zero-order chi connectivity index (χ0) is 13.5. The van der Waals surface area contributed by atoms with Gasteiger partial charge in [-0.3, -0.25) is 0 Å². The zero-order valence-electron chi connectivity index (χ0n) is 12.4. The molecule has 1 heteroatoms. The van der Waals surface area contributed by atoms with Gasteiger partial charge >= 0.3 is 0 Å². The van der Waals surface area contributed by atoms with Crippen molar-refractivity contribution >= 4 is 0 Å². The first-order valence-electron chi connectivity index (χ1n) is 7.02. The molecule has 0 fully saturated rings. The van der Waals surface area contributed by atoms with Gasteiger partial charge in [0.15, 0.2) is 0 Å². The van der Waals surface area contributed by atoms with Gasteiger partial charge in [-0.1, -0.05) is 45.1 Å². The molecule has 1 aliphatic rings. The van der Waals surface area contributed by atoms with Crippen LogP contribution in [0.2, 0.25) is 0 Å². The van der Waals surface area contributed by atoms with Crippen LogP contribution >= 0.6 is 0 Å². The van der Waals surface area contributed by atoms with E-state index in [0.29, 0.717) is 0 Å². The summed E-state index contributed by atoms with van der Waals surface area (Å²) in [6, 6.07) is 0. The molecule has 0 spiro atoms. The minimum atomic E-state index is 0.772. The largest absolute Gasteiger partial charge is 0.354 e. The Balaban J connectivity index is 2.91. The molecule has 0 saturated heterocycles. The molecular weight excluding hydrogens is 218 g/mol. The molecule has 1 atom stereocenters. The molecule has 0 saturated carbocycles. The highest BCUT2D eigenvalue weighted by Gasteiger charge is 2.12. The number of allylic oxidation sites excluding steroid dienone is 6. The van der Waals surface area contributed by atoms with E-state index in [0.717, 1.165) is 18.8 Å². The predicted molar refractivity (Wildman–Crippen MR) is 81.2 cm³/mol. The van der Waals surface area contributed by atoms with Crippen molar-refractivity contribution in [1.82, 2.24) is 4.90 Å². The predicted octanol–water partition coefficient (Wildman–Crippen LogP) is 5.05. The average Bonchev–Trinajstić information content (AvgIpc) is 2.43. The Morgan fingerprint density at radius 1 is 1.56 bits per heavy atom. The Morgan fingerprint density at radius 3 is 2.89 bits per heavy atom. The minimum Gasteiger partial charge on any atom is -0.354 e. The zero-order valence-corrected chi connectivity index (χ0v) is 12.4. The van der Waals surface area contributed by atoms with Crippen LogP contribution in [0.3, 0.4) is 0 Å². The van der Waals surface area contributed by atoms with E-state index in [1.54, 1.807) is 0 Å². The summed E-state index contributed by atoms with van der Waals surface area (Å²) in [6.45, 7) is 10.7. The summed E-state index contributed by atoms with van der Waals surface area (Å²) in [5.41, 5.74) is 4.17. The fourth-order valence-electron chi connectivity index (χ4n) is 2.14. The van der Waals surface area contributed by atoms with Crippen LogP contribution in [0.15, 0.2) is 47.9 Å². The molecule has 0 aliphatic heterocycles. The summed E-state index contributed by atoms with van der Waals surface area (Å²) in [5.74, 6) is 0.772. The minimum absolute atomic E-state index is 0.772. The number of rotatable bonds is 6. The van der Waals surface area contributed by atoms with Crippen molar-refractivity contribution in [3.8, 4) is 0 Å². The Kier molecular flexibility index (Phi) is 5.97. The third-order valence-electron chi connectivity index (χ3n) is 3.79. The van der Waals surface area contributed by atoms with E-state index < -0.39 is 0 Å². The quantitative estimate of drug-likeness (QED) is 0.633. The van der Waals surface area contributed by atoms with Gasteiger partial charge in [0.25, 0.3) is 0 Å². The molecule has 18 heavy (non-hydrogen) atoms. The van der Waals surface area contributed by atoms with Gasteiger partial charge in [-0.05, 0) is 49.5 Å². The molecule has 0 aromatic carbocycles. The van der Waals surface area contributed by atoms with Crippen molar-refractivity contribution in [3.05, 3.63) is 47.9 Å². The summed E-state index contributed by atoms with van der Waals surface area (Å²) < 4.78 is 0. The van der Waals surface area contributed by atoms with E-state index in [-0.39, 0.29) is 0 Å². The van der Waals surface area contributed by atoms with Crippen molar-refractivity contribution in [1.29, 1.82) is 0 Å². The van der Waals surface area contributed by atoms with Crippen LogP contribution in [0, 0.1) is 5.92 Å². The lowest BCUT2D eigenvalue weighted by Crippen LogP contribution is -2.14. The lowest BCUT2D eigenvalue weighted by molar-refractivity contribution is 0.531. The van der Waals surface area contributed by atoms with E-state index in [2.05, 4.69) is 57.5 Å². The molecule has 0 heterocycles. The van der Waals surface area contributed by atoms with Crippen LogP contribution in [0.1, 0.15) is 46.5 Å². The first kappa shape index (κ1) is 14.8. The van der Waals surface area contributed by atoms with Crippen LogP contribution < -0.4 is 0 Å². The highest BCUT2D eigenvalue weighted by Crippen LogP contribution is 2.27. The molecule has 1 unspecified atom stereocenters. The Bertz CT molecular complexity index is 371. The third kappa shape index (κ3) is 3.90. The molecule has 0 aromatic rings. The second-order valence-corrected chi connectivity index (χ2v) is 5.23. The van der Waals surface area contributed by atoms with E-state index in [1.165, 1.54) is 29.7 Å². The monoisotopic (exact) mass is 245 g/mol. The molecule has 0 amide bonds. The van der Waals surface area contributed by atoms with E-state index in [1.807, 2.05) is 6.20 Å². The van der Waals surface area contributed by atoms with Crippen LogP contribution in [0.25, 0.3) is 0 Å². The van der Waals surface area contributed by atoms with Gasteiger partial charge in [-0.2, -0.15) is 0 Å². The summed E-state index contributed by atoms with van der Waals surface area (Å²) >= 11 is 0. The lowest BCUT2D eigenvalue weighted by atomic mass is 9.94. The second kappa shape index (κ2) is 7.25. The van der Waals surface area contributed by atoms with Crippen LogP contribution in [-0.4, -0.2) is 11.9 Å². The highest BCUT2D eigenvalue weighted by atomic mass is 15.1. The van der Waals surface area contributed by atoms with Crippen molar-refractivity contribution < 1.29 is 0 Å². The maximum absolute atomic E-state index is 3.87. The molecule has 100 valence electrons. The lowest BCUT2D eigenvalue weighted by Gasteiger charge is -2.24. The van der Waals surface area contributed by atoms with Gasteiger partial charge in [0.05, 0.1) is 0 Å². The van der Waals surface area contributed by atoms with Crippen LogP contribution in [-0.2, 0) is 0 Å². The molecular formula is C17H27N. The van der Waals surface area contributed by atoms with Crippen LogP contribution in [0.4, 0.5) is 0 Å². The fraction of sp³-hybridized carbons (Fsp3) is 0.529. The smallest absolute Gasteiger partial charge is 0.0249 e. The first-order valence-corrected chi connectivity index (χ1v) is 7.02. The second-order valence-electron chi connectivity index (χ2n) is 5.23. The molecule has 0 aromatic heterocycles. The third-order valence-corrected chi connectivity index (χ3v) is 3.79. The Morgan fingerprint density at radius 2 is 2.28 bits per heavy atom. The summed E-state index contributed by atoms with van der Waals surface area (Å²) in [6.07, 6.45) is 13.5. The molecule has 1 rings (SSSR count). The molecule has 0 radical (unpaired) electrons. The van der Waals surface area contributed by atoms with Gasteiger partial charge in [-0.25, -0.2) is 0 Å². The number of hydrogen-bond donors (Lipinski definition) is 0. The van der Waals surface area contributed by atoms with Gasteiger partial charge in [0.1, 0.15) is 0 Å². The standard InChI is InChI=1S/C17H27N/c1-6-14(3)12-13-15(4)16-10-8-9-11-17(16)18(5)7-2/h7-8,10,13-14H,2,6,9,11-12H2,1,3-5H3/b15-13+. The van der Waals surface area contributed by atoms with Crippen molar-refractivity contribution in [3.63, 3.8) is 0 Å². The maximum Gasteiger partial charge on any atom is 0.0249 e. The van der Waals surface area contributed by atoms with Gasteiger partial charge in [0.2, 0.25) is 0 Å². The van der Waals surface area contributed by atoms with E-state index in [9.17, 15) is 0 Å². The molecule has 0 bridgehead atoms. The average molecular weight is 245 g/mol. The normalized spacial score (nSPS) is 17.9. The van der Waals surface area contributed by atoms with E-state index >= 15 is 0 Å².